The standard InChI is InChI=1S/C15H15F2NO2/c16-12-6-10(7-13(17)15(12)20)8-18-14(9-19)11-4-2-1-3-5-11/h1-7,14,18-20H,8-9H2. The Morgan fingerprint density at radius 1 is 1.05 bits per heavy atom. The first kappa shape index (κ1) is 14.4. The van der Waals surface area contributed by atoms with Gasteiger partial charge in [-0.15, -0.1) is 0 Å². The summed E-state index contributed by atoms with van der Waals surface area (Å²) in [7, 11) is 0. The minimum absolute atomic E-state index is 0.132. The Morgan fingerprint density at radius 3 is 2.20 bits per heavy atom. The second-order valence-corrected chi connectivity index (χ2v) is 4.43. The number of nitrogens with one attached hydrogen (secondary N) is 1. The van der Waals surface area contributed by atoms with Gasteiger partial charge in [-0.2, -0.15) is 0 Å². The van der Waals surface area contributed by atoms with Crippen LogP contribution in [0.15, 0.2) is 42.5 Å². The van der Waals surface area contributed by atoms with Gasteiger partial charge in [-0.1, -0.05) is 30.3 Å². The van der Waals surface area contributed by atoms with Crippen molar-refractivity contribution >= 4 is 0 Å². The molecule has 0 radical (unpaired) electrons. The minimum atomic E-state index is -0.998. The van der Waals surface area contributed by atoms with Gasteiger partial charge < -0.3 is 15.5 Å². The number of rotatable bonds is 5. The van der Waals surface area contributed by atoms with Crippen molar-refractivity contribution in [3.8, 4) is 5.75 Å². The number of phenolic OH excluding ortho intramolecular Hbond substituents is 1. The van der Waals surface area contributed by atoms with Crippen LogP contribution in [0.4, 0.5) is 8.78 Å². The van der Waals surface area contributed by atoms with E-state index in [1.807, 2.05) is 30.3 Å². The third kappa shape index (κ3) is 3.31. The average molecular weight is 279 g/mol. The van der Waals surface area contributed by atoms with Crippen LogP contribution in [0.3, 0.4) is 0 Å². The van der Waals surface area contributed by atoms with Crippen LogP contribution < -0.4 is 5.32 Å². The van der Waals surface area contributed by atoms with Gasteiger partial charge in [0.2, 0.25) is 0 Å². The summed E-state index contributed by atoms with van der Waals surface area (Å²) in [5.41, 5.74) is 1.24. The highest BCUT2D eigenvalue weighted by Gasteiger charge is 2.12. The van der Waals surface area contributed by atoms with E-state index in [4.69, 9.17) is 5.11 Å². The Kier molecular flexibility index (Phi) is 4.65. The van der Waals surface area contributed by atoms with E-state index in [0.717, 1.165) is 17.7 Å². The van der Waals surface area contributed by atoms with Gasteiger partial charge in [0.05, 0.1) is 12.6 Å². The normalized spacial score (nSPS) is 12.3. The molecule has 0 saturated carbocycles. The highest BCUT2D eigenvalue weighted by molar-refractivity contribution is 5.30. The number of hydrogen-bond donors (Lipinski definition) is 3. The summed E-state index contributed by atoms with van der Waals surface area (Å²) < 4.78 is 26.4. The fraction of sp³-hybridized carbons (Fsp3) is 0.200. The topological polar surface area (TPSA) is 52.5 Å². The number of hydrogen-bond acceptors (Lipinski definition) is 3. The van der Waals surface area contributed by atoms with Crippen LogP contribution in [0.2, 0.25) is 0 Å². The molecule has 0 saturated heterocycles. The molecular weight excluding hydrogens is 264 g/mol. The van der Waals surface area contributed by atoms with Crippen molar-refractivity contribution in [3.05, 3.63) is 65.2 Å². The highest BCUT2D eigenvalue weighted by atomic mass is 19.1. The van der Waals surface area contributed by atoms with Gasteiger partial charge in [0.25, 0.3) is 0 Å². The average Bonchev–Trinajstić information content (AvgIpc) is 2.46. The Hall–Kier alpha value is -1.98. The molecule has 3 nitrogen and oxygen atoms in total. The molecule has 0 amide bonds. The first-order valence-corrected chi connectivity index (χ1v) is 6.18. The van der Waals surface area contributed by atoms with Gasteiger partial charge in [0, 0.05) is 6.54 Å². The van der Waals surface area contributed by atoms with Crippen molar-refractivity contribution in [2.45, 2.75) is 12.6 Å². The van der Waals surface area contributed by atoms with Crippen molar-refractivity contribution in [2.75, 3.05) is 6.61 Å². The van der Waals surface area contributed by atoms with E-state index in [9.17, 15) is 13.9 Å². The smallest absolute Gasteiger partial charge is 0.187 e. The summed E-state index contributed by atoms with van der Waals surface area (Å²) in [6.45, 7) is 0.0430. The van der Waals surface area contributed by atoms with Crippen LogP contribution in [0.1, 0.15) is 17.2 Å². The molecule has 1 unspecified atom stereocenters. The van der Waals surface area contributed by atoms with Crippen LogP contribution >= 0.6 is 0 Å². The fourth-order valence-electron chi connectivity index (χ4n) is 1.93. The van der Waals surface area contributed by atoms with E-state index in [0.29, 0.717) is 5.56 Å². The summed E-state index contributed by atoms with van der Waals surface area (Å²) in [6.07, 6.45) is 0. The third-order valence-electron chi connectivity index (χ3n) is 3.01. The zero-order valence-corrected chi connectivity index (χ0v) is 10.7. The van der Waals surface area contributed by atoms with E-state index < -0.39 is 17.4 Å². The molecule has 0 aliphatic rings. The van der Waals surface area contributed by atoms with Gasteiger partial charge in [-0.05, 0) is 23.3 Å². The molecule has 0 spiro atoms. The van der Waals surface area contributed by atoms with Crippen LogP contribution in [0.25, 0.3) is 0 Å². The largest absolute Gasteiger partial charge is 0.503 e. The summed E-state index contributed by atoms with van der Waals surface area (Å²) in [6, 6.07) is 11.1. The predicted molar refractivity (Wildman–Crippen MR) is 71.1 cm³/mol. The zero-order valence-electron chi connectivity index (χ0n) is 10.7. The van der Waals surface area contributed by atoms with Crippen LogP contribution in [0.5, 0.6) is 5.75 Å². The fourth-order valence-corrected chi connectivity index (χ4v) is 1.93. The van der Waals surface area contributed by atoms with E-state index in [1.54, 1.807) is 0 Å². The summed E-state index contributed by atoms with van der Waals surface area (Å²) >= 11 is 0. The molecule has 3 N–H and O–H groups in total. The molecule has 2 aromatic rings. The second-order valence-electron chi connectivity index (χ2n) is 4.43. The summed E-state index contributed by atoms with van der Waals surface area (Å²) in [5, 5.41) is 21.4. The number of benzene rings is 2. The van der Waals surface area contributed by atoms with Crippen molar-refractivity contribution in [1.29, 1.82) is 0 Å². The van der Waals surface area contributed by atoms with Crippen molar-refractivity contribution in [3.63, 3.8) is 0 Å². The predicted octanol–water partition coefficient (Wildman–Crippen LogP) is 2.49. The maximum Gasteiger partial charge on any atom is 0.187 e. The number of aliphatic hydroxyl groups is 1. The quantitative estimate of drug-likeness (QED) is 0.788. The number of aliphatic hydroxyl groups excluding tert-OH is 1. The molecule has 0 aromatic heterocycles. The molecule has 2 aromatic carbocycles. The van der Waals surface area contributed by atoms with E-state index in [1.165, 1.54) is 0 Å². The maximum atomic E-state index is 13.2. The van der Waals surface area contributed by atoms with Gasteiger partial charge in [-0.25, -0.2) is 8.78 Å². The van der Waals surface area contributed by atoms with Crippen molar-refractivity contribution in [2.24, 2.45) is 0 Å². The molecule has 0 heterocycles. The zero-order chi connectivity index (χ0) is 14.5. The monoisotopic (exact) mass is 279 g/mol. The maximum absolute atomic E-state index is 13.2. The van der Waals surface area contributed by atoms with Gasteiger partial charge in [-0.3, -0.25) is 0 Å². The lowest BCUT2D eigenvalue weighted by Crippen LogP contribution is -2.24. The molecule has 0 aliphatic carbocycles. The molecule has 0 bridgehead atoms. The van der Waals surface area contributed by atoms with Crippen LogP contribution in [0, 0.1) is 11.6 Å². The number of aromatic hydroxyl groups is 1. The third-order valence-corrected chi connectivity index (χ3v) is 3.01. The Balaban J connectivity index is 2.07. The Bertz CT molecular complexity index is 552. The lowest BCUT2D eigenvalue weighted by Gasteiger charge is -2.17. The summed E-state index contributed by atoms with van der Waals surface area (Å²) in [5.74, 6) is -2.97. The molecule has 1 atom stereocenters. The van der Waals surface area contributed by atoms with Crippen molar-refractivity contribution < 1.29 is 19.0 Å². The van der Waals surface area contributed by atoms with Crippen LogP contribution in [-0.2, 0) is 6.54 Å². The minimum Gasteiger partial charge on any atom is -0.503 e. The molecule has 106 valence electrons. The first-order valence-electron chi connectivity index (χ1n) is 6.18. The van der Waals surface area contributed by atoms with Gasteiger partial charge in [0.15, 0.2) is 17.4 Å². The van der Waals surface area contributed by atoms with Gasteiger partial charge >= 0.3 is 0 Å². The first-order chi connectivity index (χ1) is 9.61. The summed E-state index contributed by atoms with van der Waals surface area (Å²) in [4.78, 5) is 0. The SMILES string of the molecule is OCC(NCc1cc(F)c(O)c(F)c1)c1ccccc1. The second kappa shape index (κ2) is 6.45. The highest BCUT2D eigenvalue weighted by Crippen LogP contribution is 2.22. The van der Waals surface area contributed by atoms with E-state index in [-0.39, 0.29) is 19.2 Å². The molecule has 20 heavy (non-hydrogen) atoms. The van der Waals surface area contributed by atoms with Crippen LogP contribution in [-0.4, -0.2) is 16.8 Å². The van der Waals surface area contributed by atoms with Crippen molar-refractivity contribution in [1.82, 2.24) is 5.32 Å². The number of phenols is 1. The molecule has 2 rings (SSSR count). The van der Waals surface area contributed by atoms with E-state index in [2.05, 4.69) is 5.32 Å². The molecule has 0 fully saturated rings. The Labute approximate surface area is 115 Å². The molecular formula is C15H15F2NO2. The van der Waals surface area contributed by atoms with Gasteiger partial charge in [0.1, 0.15) is 0 Å². The lowest BCUT2D eigenvalue weighted by molar-refractivity contribution is 0.243. The lowest BCUT2D eigenvalue weighted by atomic mass is 10.1. The van der Waals surface area contributed by atoms with E-state index >= 15 is 0 Å². The molecule has 5 heteroatoms. The number of halogens is 2. The molecule has 0 aliphatic heterocycles. The Morgan fingerprint density at radius 2 is 1.65 bits per heavy atom.